The van der Waals surface area contributed by atoms with Crippen LogP contribution in [-0.4, -0.2) is 29.9 Å². The van der Waals surface area contributed by atoms with Gasteiger partial charge in [-0.2, -0.15) is 0 Å². The molecule has 3 rings (SSSR count). The van der Waals surface area contributed by atoms with Crippen LogP contribution >= 0.6 is 0 Å². The molecule has 1 aliphatic heterocycles. The second-order valence-electron chi connectivity index (χ2n) is 6.98. The van der Waals surface area contributed by atoms with Crippen LogP contribution in [0.5, 0.6) is 5.75 Å². The van der Waals surface area contributed by atoms with Crippen LogP contribution in [0.4, 0.5) is 11.4 Å². The highest BCUT2D eigenvalue weighted by molar-refractivity contribution is 6.04. The second kappa shape index (κ2) is 9.35. The number of hydrogen-bond donors (Lipinski definition) is 1. The molecule has 148 valence electrons. The zero-order valence-electron chi connectivity index (χ0n) is 16.5. The monoisotopic (exact) mass is 381 g/mol. The number of anilines is 2. The Morgan fingerprint density at radius 1 is 1.25 bits per heavy atom. The molecule has 1 aromatic heterocycles. The normalized spacial score (nSPS) is 16.1. The van der Waals surface area contributed by atoms with E-state index in [9.17, 15) is 9.59 Å². The minimum absolute atomic E-state index is 0.00416. The van der Waals surface area contributed by atoms with E-state index in [-0.39, 0.29) is 17.7 Å². The first-order valence-corrected chi connectivity index (χ1v) is 9.89. The van der Waals surface area contributed by atoms with Gasteiger partial charge in [0.25, 0.3) is 0 Å². The van der Waals surface area contributed by atoms with Crippen LogP contribution in [0.1, 0.15) is 38.7 Å². The van der Waals surface area contributed by atoms with E-state index >= 15 is 0 Å². The number of nitrogens with one attached hydrogen (secondary N) is 1. The molecule has 0 aliphatic carbocycles. The molecule has 0 saturated carbocycles. The first-order valence-electron chi connectivity index (χ1n) is 9.89. The molecule has 6 heteroatoms. The van der Waals surface area contributed by atoms with E-state index in [1.54, 1.807) is 23.4 Å². The lowest BCUT2D eigenvalue weighted by atomic mass is 10.0. The molecule has 1 N–H and O–H groups in total. The Balaban J connectivity index is 1.69. The van der Waals surface area contributed by atoms with Gasteiger partial charge in [-0.05, 0) is 43.0 Å². The Morgan fingerprint density at radius 3 is 2.75 bits per heavy atom. The lowest BCUT2D eigenvalue weighted by Gasteiger charge is -2.24. The average Bonchev–Trinajstić information content (AvgIpc) is 2.87. The van der Waals surface area contributed by atoms with Gasteiger partial charge in [0, 0.05) is 19.2 Å². The summed E-state index contributed by atoms with van der Waals surface area (Å²) in [6, 6.07) is 9.61. The van der Waals surface area contributed by atoms with Gasteiger partial charge in [-0.15, -0.1) is 0 Å². The van der Waals surface area contributed by atoms with Gasteiger partial charge in [-0.25, -0.2) is 0 Å². The van der Waals surface area contributed by atoms with E-state index in [1.807, 2.05) is 31.2 Å². The third-order valence-electron chi connectivity index (χ3n) is 4.94. The Hall–Kier alpha value is -2.89. The Morgan fingerprint density at radius 2 is 2.04 bits per heavy atom. The van der Waals surface area contributed by atoms with E-state index in [0.29, 0.717) is 43.8 Å². The highest BCUT2D eigenvalue weighted by Crippen LogP contribution is 2.30. The maximum absolute atomic E-state index is 13.0. The Labute approximate surface area is 165 Å². The maximum Gasteiger partial charge on any atom is 0.229 e. The largest absolute Gasteiger partial charge is 0.494 e. The number of amides is 2. The Bertz CT molecular complexity index is 820. The number of rotatable bonds is 7. The highest BCUT2D eigenvalue weighted by atomic mass is 16.5. The zero-order chi connectivity index (χ0) is 19.9. The summed E-state index contributed by atoms with van der Waals surface area (Å²) in [5.74, 6) is 0.564. The fraction of sp³-hybridized carbons (Fsp3) is 0.409. The topological polar surface area (TPSA) is 71.5 Å². The van der Waals surface area contributed by atoms with E-state index in [4.69, 9.17) is 4.74 Å². The summed E-state index contributed by atoms with van der Waals surface area (Å²) >= 11 is 0. The number of aryl methyl sites for hydroxylation is 1. The van der Waals surface area contributed by atoms with Gasteiger partial charge in [0.2, 0.25) is 11.8 Å². The van der Waals surface area contributed by atoms with E-state index in [2.05, 4.69) is 17.2 Å². The highest BCUT2D eigenvalue weighted by Gasteiger charge is 2.30. The number of aromatic nitrogens is 1. The summed E-state index contributed by atoms with van der Waals surface area (Å²) < 4.78 is 5.60. The minimum Gasteiger partial charge on any atom is -0.494 e. The van der Waals surface area contributed by atoms with Gasteiger partial charge in [0.15, 0.2) is 0 Å². The molecule has 28 heavy (non-hydrogen) atoms. The van der Waals surface area contributed by atoms with Gasteiger partial charge in [0.05, 0.1) is 30.1 Å². The number of benzene rings is 1. The molecule has 2 amide bonds. The minimum atomic E-state index is -0.230. The number of pyridine rings is 1. The predicted octanol–water partition coefficient (Wildman–Crippen LogP) is 3.81. The SMILES string of the molecule is CCCOc1ccc(CCC(=O)N2CC(CC)C(=O)Nc3ccncc32)cc1. The lowest BCUT2D eigenvalue weighted by Crippen LogP contribution is -2.36. The zero-order valence-corrected chi connectivity index (χ0v) is 16.5. The van der Waals surface area contributed by atoms with Crippen molar-refractivity contribution in [1.29, 1.82) is 0 Å². The van der Waals surface area contributed by atoms with Crippen molar-refractivity contribution in [2.45, 2.75) is 39.5 Å². The molecule has 1 unspecified atom stereocenters. The molecule has 0 radical (unpaired) electrons. The van der Waals surface area contributed by atoms with Crippen LogP contribution in [0.15, 0.2) is 42.7 Å². The molecule has 0 saturated heterocycles. The third-order valence-corrected chi connectivity index (χ3v) is 4.94. The molecule has 1 aliphatic rings. The van der Waals surface area contributed by atoms with Crippen LogP contribution in [0.3, 0.4) is 0 Å². The standard InChI is InChI=1S/C22H27N3O3/c1-3-13-28-18-8-5-16(6-9-18)7-10-21(26)25-15-17(4-2)22(27)24-19-11-12-23-14-20(19)25/h5-6,8-9,11-12,14,17H,3-4,7,10,13,15H2,1-2H3,(H,24,27). The van der Waals surface area contributed by atoms with Gasteiger partial charge in [-0.1, -0.05) is 26.0 Å². The first kappa shape index (κ1) is 19.9. The van der Waals surface area contributed by atoms with E-state index < -0.39 is 0 Å². The van der Waals surface area contributed by atoms with Crippen molar-refractivity contribution in [3.05, 3.63) is 48.3 Å². The molecule has 0 fully saturated rings. The van der Waals surface area contributed by atoms with Crippen LogP contribution < -0.4 is 15.0 Å². The summed E-state index contributed by atoms with van der Waals surface area (Å²) in [4.78, 5) is 31.2. The van der Waals surface area contributed by atoms with Crippen molar-refractivity contribution in [1.82, 2.24) is 4.98 Å². The lowest BCUT2D eigenvalue weighted by molar-refractivity contribution is -0.120. The van der Waals surface area contributed by atoms with Crippen molar-refractivity contribution >= 4 is 23.2 Å². The summed E-state index contributed by atoms with van der Waals surface area (Å²) in [5.41, 5.74) is 2.39. The summed E-state index contributed by atoms with van der Waals surface area (Å²) in [6.07, 6.45) is 5.92. The van der Waals surface area contributed by atoms with Gasteiger partial charge < -0.3 is 15.0 Å². The number of ether oxygens (including phenoxy) is 1. The molecule has 2 heterocycles. The number of fused-ring (bicyclic) bond motifs is 1. The fourth-order valence-electron chi connectivity index (χ4n) is 3.25. The van der Waals surface area contributed by atoms with Crippen LogP contribution in [0.25, 0.3) is 0 Å². The summed E-state index contributed by atoms with van der Waals surface area (Å²) in [6.45, 7) is 5.11. The molecule has 0 spiro atoms. The molecular formula is C22H27N3O3. The van der Waals surface area contributed by atoms with Crippen molar-refractivity contribution in [3.8, 4) is 5.75 Å². The summed E-state index contributed by atoms with van der Waals surface area (Å²) in [5, 5.41) is 2.92. The van der Waals surface area contributed by atoms with E-state index in [0.717, 1.165) is 17.7 Å². The molecule has 2 aromatic rings. The quantitative estimate of drug-likeness (QED) is 0.792. The van der Waals surface area contributed by atoms with Crippen LogP contribution in [0, 0.1) is 5.92 Å². The molecular weight excluding hydrogens is 354 g/mol. The van der Waals surface area contributed by atoms with E-state index in [1.165, 1.54) is 0 Å². The predicted molar refractivity (Wildman–Crippen MR) is 110 cm³/mol. The number of carbonyl (C=O) groups excluding carboxylic acids is 2. The average molecular weight is 381 g/mol. The Kier molecular flexibility index (Phi) is 6.63. The van der Waals surface area contributed by atoms with Crippen molar-refractivity contribution < 1.29 is 14.3 Å². The van der Waals surface area contributed by atoms with Crippen LogP contribution in [0.2, 0.25) is 0 Å². The second-order valence-corrected chi connectivity index (χ2v) is 6.98. The summed E-state index contributed by atoms with van der Waals surface area (Å²) in [7, 11) is 0. The van der Waals surface area contributed by atoms with Gasteiger partial charge >= 0.3 is 0 Å². The number of carbonyl (C=O) groups is 2. The first-order chi connectivity index (χ1) is 13.6. The molecule has 6 nitrogen and oxygen atoms in total. The number of nitrogens with zero attached hydrogens (tertiary/aromatic N) is 2. The van der Waals surface area contributed by atoms with Gasteiger partial charge in [-0.3, -0.25) is 14.6 Å². The molecule has 0 bridgehead atoms. The fourth-order valence-corrected chi connectivity index (χ4v) is 3.25. The van der Waals surface area contributed by atoms with Crippen molar-refractivity contribution in [3.63, 3.8) is 0 Å². The third kappa shape index (κ3) is 4.68. The maximum atomic E-state index is 13.0. The smallest absolute Gasteiger partial charge is 0.229 e. The van der Waals surface area contributed by atoms with Crippen molar-refractivity contribution in [2.75, 3.05) is 23.4 Å². The van der Waals surface area contributed by atoms with Gasteiger partial charge in [0.1, 0.15) is 5.75 Å². The van der Waals surface area contributed by atoms with Crippen LogP contribution in [-0.2, 0) is 16.0 Å². The number of hydrogen-bond acceptors (Lipinski definition) is 4. The molecule has 1 atom stereocenters. The molecule has 1 aromatic carbocycles. The van der Waals surface area contributed by atoms with Crippen molar-refractivity contribution in [2.24, 2.45) is 5.92 Å².